The Labute approximate surface area is 163 Å². The number of carbonyl (C=O) groups is 1. The molecule has 2 rings (SSSR count). The second kappa shape index (κ2) is 8.83. The number of ether oxygens (including phenoxy) is 1. The highest BCUT2D eigenvalue weighted by molar-refractivity contribution is 6.34. The Kier molecular flexibility index (Phi) is 7.02. The molecule has 0 saturated carbocycles. The lowest BCUT2D eigenvalue weighted by atomic mass is 10.2. The van der Waals surface area contributed by atoms with Gasteiger partial charge in [0, 0.05) is 45.5 Å². The lowest BCUT2D eigenvalue weighted by molar-refractivity contribution is 0.0148. The molecule has 0 bridgehead atoms. The van der Waals surface area contributed by atoms with Gasteiger partial charge in [-0.05, 0) is 32.4 Å². The zero-order chi connectivity index (χ0) is 19.3. The fourth-order valence-corrected chi connectivity index (χ4v) is 2.93. The molecular formula is C16H24Cl2N6O2. The highest BCUT2D eigenvalue weighted by Crippen LogP contribution is 2.21. The Balaban J connectivity index is 1.79. The third-order valence-corrected chi connectivity index (χ3v) is 4.22. The van der Waals surface area contributed by atoms with Crippen LogP contribution in [-0.2, 0) is 4.74 Å². The van der Waals surface area contributed by atoms with Crippen LogP contribution in [0.25, 0.3) is 0 Å². The Morgan fingerprint density at radius 2 is 1.92 bits per heavy atom. The van der Waals surface area contributed by atoms with Crippen LogP contribution in [0.5, 0.6) is 0 Å². The quantitative estimate of drug-likeness (QED) is 0.446. The van der Waals surface area contributed by atoms with E-state index in [0.29, 0.717) is 31.0 Å². The fraction of sp³-hybridized carbons (Fsp3) is 0.625. The Morgan fingerprint density at radius 3 is 2.50 bits per heavy atom. The van der Waals surface area contributed by atoms with Crippen LogP contribution in [0.2, 0.25) is 10.4 Å². The molecule has 1 aliphatic heterocycles. The summed E-state index contributed by atoms with van der Waals surface area (Å²) in [6.45, 7) is 9.75. The number of hydrogen-bond acceptors (Lipinski definition) is 7. The number of nitrogens with zero attached hydrogens (tertiary/aromatic N) is 4. The first-order valence-corrected chi connectivity index (χ1v) is 9.13. The maximum atomic E-state index is 12.1. The molecule has 0 radical (unpaired) electrons. The minimum absolute atomic E-state index is 0.0362. The summed E-state index contributed by atoms with van der Waals surface area (Å²) in [6.07, 6.45) is 0.830. The van der Waals surface area contributed by atoms with Gasteiger partial charge >= 0.3 is 6.09 Å². The van der Waals surface area contributed by atoms with Crippen molar-refractivity contribution in [2.24, 2.45) is 0 Å². The summed E-state index contributed by atoms with van der Waals surface area (Å²) in [7, 11) is 0. The van der Waals surface area contributed by atoms with Gasteiger partial charge in [0.1, 0.15) is 16.6 Å². The van der Waals surface area contributed by atoms with Gasteiger partial charge in [0.15, 0.2) is 0 Å². The summed E-state index contributed by atoms with van der Waals surface area (Å²) in [5.74, 6) is 0.442. The lowest BCUT2D eigenvalue weighted by Gasteiger charge is -2.35. The molecule has 1 aliphatic rings. The third-order valence-electron chi connectivity index (χ3n) is 3.76. The SMILES string of the molecule is CC(C)(C)OC(=O)N1CCN(CCNc2nc(Cl)nc(Cl)c2C=N)CC1. The molecule has 1 amide bonds. The predicted molar refractivity (Wildman–Crippen MR) is 103 cm³/mol. The van der Waals surface area contributed by atoms with Crippen molar-refractivity contribution >= 4 is 41.3 Å². The van der Waals surface area contributed by atoms with Crippen molar-refractivity contribution in [1.82, 2.24) is 19.8 Å². The Morgan fingerprint density at radius 1 is 1.27 bits per heavy atom. The summed E-state index contributed by atoms with van der Waals surface area (Å²) in [6, 6.07) is 0. The maximum Gasteiger partial charge on any atom is 0.410 e. The fourth-order valence-electron chi connectivity index (χ4n) is 2.49. The van der Waals surface area contributed by atoms with Gasteiger partial charge in [0.05, 0.1) is 5.56 Å². The van der Waals surface area contributed by atoms with Crippen molar-refractivity contribution in [3.05, 3.63) is 16.0 Å². The van der Waals surface area contributed by atoms with E-state index in [1.54, 1.807) is 4.90 Å². The number of halogens is 2. The molecule has 1 aromatic rings. The first kappa shape index (κ1) is 20.7. The van der Waals surface area contributed by atoms with Crippen molar-refractivity contribution < 1.29 is 9.53 Å². The molecule has 8 nitrogen and oxygen atoms in total. The molecule has 0 spiro atoms. The first-order valence-electron chi connectivity index (χ1n) is 8.37. The van der Waals surface area contributed by atoms with Gasteiger partial charge in [0.2, 0.25) is 5.28 Å². The topological polar surface area (TPSA) is 94.4 Å². The number of anilines is 1. The van der Waals surface area contributed by atoms with Crippen molar-refractivity contribution in [2.75, 3.05) is 44.6 Å². The van der Waals surface area contributed by atoms with Gasteiger partial charge in [-0.1, -0.05) is 11.6 Å². The zero-order valence-electron chi connectivity index (χ0n) is 15.2. The largest absolute Gasteiger partial charge is 0.444 e. The van der Waals surface area contributed by atoms with E-state index in [4.69, 9.17) is 33.3 Å². The Hall–Kier alpha value is -1.64. The number of amides is 1. The summed E-state index contributed by atoms with van der Waals surface area (Å²) in [4.78, 5) is 23.9. The summed E-state index contributed by atoms with van der Waals surface area (Å²) in [5, 5.41) is 10.7. The van der Waals surface area contributed by atoms with E-state index in [2.05, 4.69) is 20.2 Å². The van der Waals surface area contributed by atoms with E-state index >= 15 is 0 Å². The molecule has 1 aromatic heterocycles. The summed E-state index contributed by atoms with van der Waals surface area (Å²) < 4.78 is 5.40. The summed E-state index contributed by atoms with van der Waals surface area (Å²) >= 11 is 11.8. The molecule has 2 N–H and O–H groups in total. The molecule has 0 aliphatic carbocycles. The minimum atomic E-state index is -0.481. The van der Waals surface area contributed by atoms with Crippen molar-refractivity contribution in [1.29, 1.82) is 5.41 Å². The smallest absolute Gasteiger partial charge is 0.410 e. The molecule has 26 heavy (non-hydrogen) atoms. The maximum absolute atomic E-state index is 12.1. The van der Waals surface area contributed by atoms with E-state index in [9.17, 15) is 4.79 Å². The number of nitrogens with one attached hydrogen (secondary N) is 2. The van der Waals surface area contributed by atoms with E-state index in [-0.39, 0.29) is 16.5 Å². The van der Waals surface area contributed by atoms with Crippen molar-refractivity contribution in [3.8, 4) is 0 Å². The second-order valence-electron chi connectivity index (χ2n) is 6.93. The van der Waals surface area contributed by atoms with Crippen LogP contribution in [-0.4, -0.2) is 76.9 Å². The van der Waals surface area contributed by atoms with Crippen LogP contribution in [0.4, 0.5) is 10.6 Å². The second-order valence-corrected chi connectivity index (χ2v) is 7.62. The van der Waals surface area contributed by atoms with E-state index in [1.807, 2.05) is 20.8 Å². The lowest BCUT2D eigenvalue weighted by Crippen LogP contribution is -2.50. The van der Waals surface area contributed by atoms with Crippen LogP contribution >= 0.6 is 23.2 Å². The molecule has 1 fully saturated rings. The molecule has 0 aromatic carbocycles. The standard InChI is InChI=1S/C16H24Cl2N6O2/c1-16(2,3)26-15(25)24-8-6-23(7-9-24)5-4-20-13-11(10-19)12(17)21-14(18)22-13/h10,19H,4-9H2,1-3H3,(H,20,21,22). The van der Waals surface area contributed by atoms with Gasteiger partial charge < -0.3 is 20.4 Å². The molecule has 0 atom stereocenters. The van der Waals surface area contributed by atoms with Gasteiger partial charge in [-0.25, -0.2) is 14.8 Å². The van der Waals surface area contributed by atoms with Crippen molar-refractivity contribution in [2.45, 2.75) is 26.4 Å². The highest BCUT2D eigenvalue weighted by Gasteiger charge is 2.25. The molecule has 10 heteroatoms. The van der Waals surface area contributed by atoms with Gasteiger partial charge in [-0.3, -0.25) is 4.90 Å². The number of aromatic nitrogens is 2. The average Bonchev–Trinajstić information content (AvgIpc) is 2.53. The first-order chi connectivity index (χ1) is 12.2. The van der Waals surface area contributed by atoms with E-state index in [0.717, 1.165) is 25.8 Å². The molecule has 1 saturated heterocycles. The van der Waals surface area contributed by atoms with E-state index in [1.165, 1.54) is 0 Å². The molecule has 2 heterocycles. The van der Waals surface area contributed by atoms with Gasteiger partial charge in [-0.15, -0.1) is 0 Å². The van der Waals surface area contributed by atoms with Crippen LogP contribution in [0, 0.1) is 5.41 Å². The van der Waals surface area contributed by atoms with Crippen LogP contribution < -0.4 is 5.32 Å². The number of hydrogen-bond donors (Lipinski definition) is 2. The van der Waals surface area contributed by atoms with Crippen LogP contribution in [0.1, 0.15) is 26.3 Å². The zero-order valence-corrected chi connectivity index (χ0v) is 16.7. The predicted octanol–water partition coefficient (Wildman–Crippen LogP) is 2.75. The van der Waals surface area contributed by atoms with Crippen molar-refractivity contribution in [3.63, 3.8) is 0 Å². The Bertz CT molecular complexity index is 657. The number of piperazine rings is 1. The molecular weight excluding hydrogens is 379 g/mol. The monoisotopic (exact) mass is 402 g/mol. The van der Waals surface area contributed by atoms with Gasteiger partial charge in [0.25, 0.3) is 0 Å². The molecule has 144 valence electrons. The molecule has 0 unspecified atom stereocenters. The van der Waals surface area contributed by atoms with Crippen LogP contribution in [0.3, 0.4) is 0 Å². The minimum Gasteiger partial charge on any atom is -0.444 e. The third kappa shape index (κ3) is 5.96. The normalized spacial score (nSPS) is 15.7. The number of carbonyl (C=O) groups excluding carboxylic acids is 1. The van der Waals surface area contributed by atoms with Crippen LogP contribution in [0.15, 0.2) is 0 Å². The van der Waals surface area contributed by atoms with E-state index < -0.39 is 5.60 Å². The summed E-state index contributed by atoms with van der Waals surface area (Å²) in [5.41, 5.74) is -0.0732. The number of rotatable bonds is 5. The van der Waals surface area contributed by atoms with Gasteiger partial charge in [-0.2, -0.15) is 0 Å². The highest BCUT2D eigenvalue weighted by atomic mass is 35.5. The average molecular weight is 403 g/mol.